The lowest BCUT2D eigenvalue weighted by molar-refractivity contribution is -0.0107. The van der Waals surface area contributed by atoms with E-state index >= 15 is 0 Å². The maximum Gasteiger partial charge on any atom is 0.253 e. The lowest BCUT2D eigenvalue weighted by Gasteiger charge is -2.36. The number of nitrogens with zero attached hydrogens (tertiary/aromatic N) is 1. The molecule has 1 fully saturated rings. The number of aryl methyl sites for hydroxylation is 1. The molecule has 1 aliphatic rings. The Morgan fingerprint density at radius 2 is 2.22 bits per heavy atom. The minimum absolute atomic E-state index is 0.141. The number of rotatable bonds is 1. The molecule has 0 aliphatic carbocycles. The van der Waals surface area contributed by atoms with Gasteiger partial charge in [-0.1, -0.05) is 0 Å². The first-order valence-electron chi connectivity index (χ1n) is 6.17. The maximum absolute atomic E-state index is 13.2. The Labute approximate surface area is 106 Å². The van der Waals surface area contributed by atoms with Gasteiger partial charge in [-0.05, 0) is 50.5 Å². The van der Waals surface area contributed by atoms with Gasteiger partial charge in [0.1, 0.15) is 5.82 Å². The van der Waals surface area contributed by atoms with Crippen molar-refractivity contribution < 1.29 is 14.3 Å². The Morgan fingerprint density at radius 3 is 2.83 bits per heavy atom. The third kappa shape index (κ3) is 2.70. The number of hydrogen-bond acceptors (Lipinski definition) is 2. The number of hydrogen-bond donors (Lipinski definition) is 1. The van der Waals surface area contributed by atoms with Gasteiger partial charge in [0.25, 0.3) is 5.91 Å². The van der Waals surface area contributed by atoms with Gasteiger partial charge in [-0.25, -0.2) is 4.39 Å². The first-order valence-corrected chi connectivity index (χ1v) is 6.17. The van der Waals surface area contributed by atoms with E-state index in [1.807, 2.05) is 0 Å². The summed E-state index contributed by atoms with van der Waals surface area (Å²) < 4.78 is 13.2. The summed E-state index contributed by atoms with van der Waals surface area (Å²) in [5.41, 5.74) is 0.124. The van der Waals surface area contributed by atoms with Crippen LogP contribution in [0.5, 0.6) is 0 Å². The standard InChI is InChI=1S/C14H18FNO2/c1-10-8-11(4-5-12(10)15)13(17)16-7-3-6-14(2,18)9-16/h4-5,8,18H,3,6-7,9H2,1-2H3. The van der Waals surface area contributed by atoms with Crippen molar-refractivity contribution in [3.05, 3.63) is 35.1 Å². The van der Waals surface area contributed by atoms with Crippen molar-refractivity contribution in [2.45, 2.75) is 32.3 Å². The molecule has 3 nitrogen and oxygen atoms in total. The van der Waals surface area contributed by atoms with Gasteiger partial charge in [0.2, 0.25) is 0 Å². The molecule has 0 aromatic heterocycles. The number of amides is 1. The van der Waals surface area contributed by atoms with Crippen molar-refractivity contribution in [2.75, 3.05) is 13.1 Å². The number of β-amino-alcohol motifs (C(OH)–C–C–N with tert-alkyl or cyclic N) is 1. The molecule has 1 heterocycles. The molecule has 1 aromatic rings. The molecule has 0 spiro atoms. The monoisotopic (exact) mass is 251 g/mol. The smallest absolute Gasteiger partial charge is 0.253 e. The van der Waals surface area contributed by atoms with Gasteiger partial charge >= 0.3 is 0 Å². The summed E-state index contributed by atoms with van der Waals surface area (Å²) in [4.78, 5) is 13.9. The van der Waals surface area contributed by atoms with E-state index in [2.05, 4.69) is 0 Å². The molecule has 0 bridgehead atoms. The molecule has 1 amide bonds. The summed E-state index contributed by atoms with van der Waals surface area (Å²) in [6.45, 7) is 4.36. The fourth-order valence-corrected chi connectivity index (χ4v) is 2.35. The van der Waals surface area contributed by atoms with Crippen LogP contribution in [0.25, 0.3) is 0 Å². The van der Waals surface area contributed by atoms with Crippen LogP contribution in [0, 0.1) is 12.7 Å². The Morgan fingerprint density at radius 1 is 1.50 bits per heavy atom. The third-order valence-corrected chi connectivity index (χ3v) is 3.37. The molecule has 1 unspecified atom stereocenters. The lowest BCUT2D eigenvalue weighted by Crippen LogP contribution is -2.48. The number of aliphatic hydroxyl groups is 1. The quantitative estimate of drug-likeness (QED) is 0.830. The molecule has 0 radical (unpaired) electrons. The van der Waals surface area contributed by atoms with Crippen LogP contribution in [0.15, 0.2) is 18.2 Å². The lowest BCUT2D eigenvalue weighted by atomic mass is 9.94. The molecule has 1 atom stereocenters. The number of benzene rings is 1. The fraction of sp³-hybridized carbons (Fsp3) is 0.500. The summed E-state index contributed by atoms with van der Waals surface area (Å²) in [6, 6.07) is 4.36. The molecule has 4 heteroatoms. The minimum Gasteiger partial charge on any atom is -0.388 e. The van der Waals surface area contributed by atoms with Gasteiger partial charge in [0, 0.05) is 18.7 Å². The predicted molar refractivity (Wildman–Crippen MR) is 66.9 cm³/mol. The van der Waals surface area contributed by atoms with Crippen LogP contribution >= 0.6 is 0 Å². The molecular weight excluding hydrogens is 233 g/mol. The molecule has 18 heavy (non-hydrogen) atoms. The molecular formula is C14H18FNO2. The number of piperidine rings is 1. The van der Waals surface area contributed by atoms with E-state index in [9.17, 15) is 14.3 Å². The van der Waals surface area contributed by atoms with Crippen LogP contribution in [0.2, 0.25) is 0 Å². The van der Waals surface area contributed by atoms with Crippen LogP contribution in [0.1, 0.15) is 35.7 Å². The summed E-state index contributed by atoms with van der Waals surface area (Å²) in [5.74, 6) is -0.449. The highest BCUT2D eigenvalue weighted by Crippen LogP contribution is 2.22. The second-order valence-electron chi connectivity index (χ2n) is 5.29. The SMILES string of the molecule is Cc1cc(C(=O)N2CCCC(C)(O)C2)ccc1F. The summed E-state index contributed by atoms with van der Waals surface area (Å²) in [7, 11) is 0. The van der Waals surface area contributed by atoms with E-state index in [0.29, 0.717) is 30.6 Å². The average molecular weight is 251 g/mol. The van der Waals surface area contributed by atoms with Gasteiger partial charge in [-0.2, -0.15) is 0 Å². The van der Waals surface area contributed by atoms with Crippen molar-refractivity contribution >= 4 is 5.91 Å². The zero-order valence-corrected chi connectivity index (χ0v) is 10.7. The van der Waals surface area contributed by atoms with E-state index in [1.54, 1.807) is 24.8 Å². The molecule has 1 aromatic carbocycles. The van der Waals surface area contributed by atoms with Crippen molar-refractivity contribution in [2.24, 2.45) is 0 Å². The second-order valence-corrected chi connectivity index (χ2v) is 5.29. The highest BCUT2D eigenvalue weighted by Gasteiger charge is 2.31. The Hall–Kier alpha value is -1.42. The van der Waals surface area contributed by atoms with Gasteiger partial charge in [0.15, 0.2) is 0 Å². The molecule has 98 valence electrons. The zero-order valence-electron chi connectivity index (χ0n) is 10.7. The highest BCUT2D eigenvalue weighted by molar-refractivity contribution is 5.94. The van der Waals surface area contributed by atoms with E-state index in [-0.39, 0.29) is 11.7 Å². The van der Waals surface area contributed by atoms with Crippen molar-refractivity contribution in [1.29, 1.82) is 0 Å². The number of likely N-dealkylation sites (tertiary alicyclic amines) is 1. The number of carbonyl (C=O) groups is 1. The summed E-state index contributed by atoms with van der Waals surface area (Å²) in [6.07, 6.45) is 1.50. The molecule has 1 saturated heterocycles. The van der Waals surface area contributed by atoms with E-state index in [1.165, 1.54) is 12.1 Å². The van der Waals surface area contributed by atoms with Gasteiger partial charge in [-0.3, -0.25) is 4.79 Å². The summed E-state index contributed by atoms with van der Waals surface area (Å²) >= 11 is 0. The van der Waals surface area contributed by atoms with E-state index in [0.717, 1.165) is 6.42 Å². The maximum atomic E-state index is 13.2. The molecule has 0 saturated carbocycles. The van der Waals surface area contributed by atoms with Crippen LogP contribution in [0.3, 0.4) is 0 Å². The van der Waals surface area contributed by atoms with E-state index < -0.39 is 5.60 Å². The summed E-state index contributed by atoms with van der Waals surface area (Å²) in [5, 5.41) is 9.99. The Bertz CT molecular complexity index is 471. The van der Waals surface area contributed by atoms with Crippen LogP contribution in [0.4, 0.5) is 4.39 Å². The number of carbonyl (C=O) groups excluding carboxylic acids is 1. The highest BCUT2D eigenvalue weighted by atomic mass is 19.1. The van der Waals surface area contributed by atoms with Crippen molar-refractivity contribution in [1.82, 2.24) is 4.90 Å². The Kier molecular flexibility index (Phi) is 3.39. The van der Waals surface area contributed by atoms with E-state index in [4.69, 9.17) is 0 Å². The fourth-order valence-electron chi connectivity index (χ4n) is 2.35. The van der Waals surface area contributed by atoms with Crippen molar-refractivity contribution in [3.8, 4) is 0 Å². The first kappa shape index (κ1) is 13.0. The van der Waals surface area contributed by atoms with Gasteiger partial charge < -0.3 is 10.0 Å². The first-order chi connectivity index (χ1) is 8.39. The largest absolute Gasteiger partial charge is 0.388 e. The van der Waals surface area contributed by atoms with Crippen LogP contribution in [-0.4, -0.2) is 34.6 Å². The zero-order chi connectivity index (χ0) is 13.3. The molecule has 1 N–H and O–H groups in total. The van der Waals surface area contributed by atoms with Gasteiger partial charge in [-0.15, -0.1) is 0 Å². The topological polar surface area (TPSA) is 40.5 Å². The third-order valence-electron chi connectivity index (χ3n) is 3.37. The number of halogens is 1. The van der Waals surface area contributed by atoms with Crippen LogP contribution < -0.4 is 0 Å². The second kappa shape index (κ2) is 4.69. The molecule has 1 aliphatic heterocycles. The van der Waals surface area contributed by atoms with Crippen molar-refractivity contribution in [3.63, 3.8) is 0 Å². The van der Waals surface area contributed by atoms with Gasteiger partial charge in [0.05, 0.1) is 5.60 Å². The normalized spacial score (nSPS) is 24.1. The Balaban J connectivity index is 2.18. The predicted octanol–water partition coefficient (Wildman–Crippen LogP) is 2.12. The average Bonchev–Trinajstić information content (AvgIpc) is 2.30. The molecule has 2 rings (SSSR count). The minimum atomic E-state index is -0.816. The van der Waals surface area contributed by atoms with Crippen LogP contribution in [-0.2, 0) is 0 Å².